The normalized spacial score (nSPS) is 18.0. The average molecular weight is 383 g/mol. The first-order valence-electron chi connectivity index (χ1n) is 7.40. The van der Waals surface area contributed by atoms with E-state index >= 15 is 0 Å². The lowest BCUT2D eigenvalue weighted by molar-refractivity contribution is -0.128. The van der Waals surface area contributed by atoms with Gasteiger partial charge in [0.15, 0.2) is 9.84 Å². The molecule has 1 unspecified atom stereocenters. The van der Waals surface area contributed by atoms with E-state index < -0.39 is 21.5 Å². The minimum atomic E-state index is -3.30. The number of halogens is 2. The molecule has 0 saturated carbocycles. The molecule has 25 heavy (non-hydrogen) atoms. The zero-order valence-electron chi connectivity index (χ0n) is 13.3. The molecule has 1 saturated heterocycles. The van der Waals surface area contributed by atoms with Crippen LogP contribution in [0.4, 0.5) is 8.78 Å². The third-order valence-corrected chi connectivity index (χ3v) is 6.22. The molecule has 8 heteroatoms. The Balaban J connectivity index is 1.86. The first-order chi connectivity index (χ1) is 11.7. The van der Waals surface area contributed by atoms with Gasteiger partial charge in [-0.3, -0.25) is 4.79 Å². The Kier molecular flexibility index (Phi) is 4.83. The highest BCUT2D eigenvalue weighted by molar-refractivity contribution is 8.00. The molecule has 1 fully saturated rings. The van der Waals surface area contributed by atoms with Crippen molar-refractivity contribution in [2.24, 2.45) is 0 Å². The fraction of sp³-hybridized carbons (Fsp3) is 0.235. The lowest BCUT2D eigenvalue weighted by atomic mass is 10.1. The second kappa shape index (κ2) is 6.76. The van der Waals surface area contributed by atoms with Crippen LogP contribution in [0.15, 0.2) is 47.4 Å². The Labute approximate surface area is 148 Å². The van der Waals surface area contributed by atoms with Gasteiger partial charge in [0.1, 0.15) is 17.0 Å². The first-order valence-corrected chi connectivity index (χ1v) is 10.3. The Morgan fingerprint density at radius 3 is 2.28 bits per heavy atom. The highest BCUT2D eigenvalue weighted by Crippen LogP contribution is 2.39. The fourth-order valence-corrected chi connectivity index (χ4v) is 4.50. The molecule has 1 heterocycles. The van der Waals surface area contributed by atoms with Gasteiger partial charge >= 0.3 is 0 Å². The topological polar surface area (TPSA) is 54.5 Å². The minimum absolute atomic E-state index is 0.0823. The Morgan fingerprint density at radius 2 is 1.72 bits per heavy atom. The molecular weight excluding hydrogens is 368 g/mol. The van der Waals surface area contributed by atoms with Crippen molar-refractivity contribution in [2.75, 3.05) is 12.0 Å². The van der Waals surface area contributed by atoms with E-state index in [-0.39, 0.29) is 28.5 Å². The Hall–Kier alpha value is -1.93. The van der Waals surface area contributed by atoms with Crippen molar-refractivity contribution >= 4 is 27.5 Å². The zero-order valence-corrected chi connectivity index (χ0v) is 14.9. The van der Waals surface area contributed by atoms with Crippen molar-refractivity contribution in [3.8, 4) is 0 Å². The average Bonchev–Trinajstić information content (AvgIpc) is 2.87. The number of rotatable bonds is 4. The molecule has 2 aromatic carbocycles. The maximum atomic E-state index is 13.4. The monoisotopic (exact) mass is 383 g/mol. The van der Waals surface area contributed by atoms with Crippen LogP contribution in [0.2, 0.25) is 0 Å². The molecule has 1 aliphatic heterocycles. The molecule has 0 N–H and O–H groups in total. The van der Waals surface area contributed by atoms with Crippen LogP contribution in [-0.4, -0.2) is 31.2 Å². The largest absolute Gasteiger partial charge is 0.322 e. The summed E-state index contributed by atoms with van der Waals surface area (Å²) in [5, 5.41) is -0.326. The molecule has 3 rings (SSSR count). The van der Waals surface area contributed by atoms with Gasteiger partial charge in [0.25, 0.3) is 0 Å². The molecule has 2 aromatic rings. The summed E-state index contributed by atoms with van der Waals surface area (Å²) in [6.07, 6.45) is 1.13. The molecule has 0 bridgehead atoms. The summed E-state index contributed by atoms with van der Waals surface area (Å²) in [6.45, 7) is 0.0823. The van der Waals surface area contributed by atoms with E-state index in [0.717, 1.165) is 17.9 Å². The summed E-state index contributed by atoms with van der Waals surface area (Å²) in [6, 6.07) is 9.48. The lowest BCUT2D eigenvalue weighted by Crippen LogP contribution is -2.27. The van der Waals surface area contributed by atoms with Crippen LogP contribution < -0.4 is 0 Å². The van der Waals surface area contributed by atoms with Crippen LogP contribution >= 0.6 is 11.8 Å². The molecule has 4 nitrogen and oxygen atoms in total. The van der Waals surface area contributed by atoms with Crippen LogP contribution in [0.3, 0.4) is 0 Å². The van der Waals surface area contributed by atoms with E-state index in [0.29, 0.717) is 5.56 Å². The summed E-state index contributed by atoms with van der Waals surface area (Å²) >= 11 is 1.39. The van der Waals surface area contributed by atoms with Crippen molar-refractivity contribution in [3.05, 3.63) is 65.2 Å². The van der Waals surface area contributed by atoms with Crippen LogP contribution in [0.25, 0.3) is 0 Å². The van der Waals surface area contributed by atoms with E-state index in [1.165, 1.54) is 40.9 Å². The zero-order chi connectivity index (χ0) is 18.2. The van der Waals surface area contributed by atoms with Gasteiger partial charge in [-0.25, -0.2) is 17.2 Å². The van der Waals surface area contributed by atoms with Gasteiger partial charge in [0.2, 0.25) is 5.91 Å². The molecule has 0 radical (unpaired) electrons. The smallest absolute Gasteiger partial charge is 0.234 e. The van der Waals surface area contributed by atoms with Gasteiger partial charge in [-0.2, -0.15) is 0 Å². The molecule has 0 spiro atoms. The van der Waals surface area contributed by atoms with Crippen LogP contribution in [0, 0.1) is 11.6 Å². The maximum absolute atomic E-state index is 13.4. The van der Waals surface area contributed by atoms with Gasteiger partial charge in [-0.15, -0.1) is 11.8 Å². The summed E-state index contributed by atoms with van der Waals surface area (Å²) in [5.41, 5.74) is 1.13. The molecule has 1 aliphatic rings. The number of sulfone groups is 1. The molecule has 1 atom stereocenters. The number of amides is 1. The summed E-state index contributed by atoms with van der Waals surface area (Å²) in [5.74, 6) is -1.26. The highest BCUT2D eigenvalue weighted by Gasteiger charge is 2.33. The van der Waals surface area contributed by atoms with Gasteiger partial charge in [0.05, 0.1) is 10.6 Å². The fourth-order valence-electron chi connectivity index (χ4n) is 2.68. The second-order valence-electron chi connectivity index (χ2n) is 5.80. The summed E-state index contributed by atoms with van der Waals surface area (Å²) < 4.78 is 49.8. The Morgan fingerprint density at radius 1 is 1.12 bits per heavy atom. The lowest BCUT2D eigenvalue weighted by Gasteiger charge is -2.24. The number of hydrogen-bond acceptors (Lipinski definition) is 4. The molecular formula is C17H15F2NO3S2. The standard InChI is InChI=1S/C17H15F2NO3S2/c1-25(22,23)15-4-2-12(3-5-15)17-20(16(21)10-24-17)9-11-6-13(18)8-14(19)7-11/h2-8,17H,9-10H2,1H3. The van der Waals surface area contributed by atoms with E-state index in [9.17, 15) is 22.0 Å². The highest BCUT2D eigenvalue weighted by atomic mass is 32.2. The van der Waals surface area contributed by atoms with E-state index in [4.69, 9.17) is 0 Å². The van der Waals surface area contributed by atoms with Gasteiger partial charge in [-0.1, -0.05) is 12.1 Å². The number of nitrogens with zero attached hydrogens (tertiary/aromatic N) is 1. The van der Waals surface area contributed by atoms with E-state index in [1.54, 1.807) is 12.1 Å². The second-order valence-corrected chi connectivity index (χ2v) is 8.89. The number of carbonyl (C=O) groups is 1. The van der Waals surface area contributed by atoms with Gasteiger partial charge < -0.3 is 4.90 Å². The van der Waals surface area contributed by atoms with Crippen LogP contribution in [0.5, 0.6) is 0 Å². The summed E-state index contributed by atoms with van der Waals surface area (Å²) in [4.78, 5) is 13.9. The van der Waals surface area contributed by atoms with Crippen molar-refractivity contribution in [1.29, 1.82) is 0 Å². The quantitative estimate of drug-likeness (QED) is 0.814. The maximum Gasteiger partial charge on any atom is 0.234 e. The molecule has 0 aliphatic carbocycles. The van der Waals surface area contributed by atoms with Crippen molar-refractivity contribution in [3.63, 3.8) is 0 Å². The number of carbonyl (C=O) groups excluding carboxylic acids is 1. The molecule has 0 aromatic heterocycles. The SMILES string of the molecule is CS(=O)(=O)c1ccc(C2SCC(=O)N2Cc2cc(F)cc(F)c2)cc1. The summed E-state index contributed by atoms with van der Waals surface area (Å²) in [7, 11) is -3.30. The molecule has 1 amide bonds. The van der Waals surface area contributed by atoms with Crippen LogP contribution in [-0.2, 0) is 21.2 Å². The predicted molar refractivity (Wildman–Crippen MR) is 91.7 cm³/mol. The third kappa shape index (κ3) is 4.01. The van der Waals surface area contributed by atoms with Crippen molar-refractivity contribution in [1.82, 2.24) is 4.90 Å². The van der Waals surface area contributed by atoms with E-state index in [1.807, 2.05) is 0 Å². The third-order valence-electron chi connectivity index (χ3n) is 3.84. The van der Waals surface area contributed by atoms with Gasteiger partial charge in [0, 0.05) is 18.9 Å². The van der Waals surface area contributed by atoms with Crippen molar-refractivity contribution in [2.45, 2.75) is 16.8 Å². The predicted octanol–water partition coefficient (Wildman–Crippen LogP) is 3.14. The first kappa shape index (κ1) is 17.9. The Bertz CT molecular complexity index is 894. The van der Waals surface area contributed by atoms with Crippen molar-refractivity contribution < 1.29 is 22.0 Å². The number of hydrogen-bond donors (Lipinski definition) is 0. The van der Waals surface area contributed by atoms with E-state index in [2.05, 4.69) is 0 Å². The van der Waals surface area contributed by atoms with Crippen LogP contribution in [0.1, 0.15) is 16.5 Å². The van der Waals surface area contributed by atoms with Gasteiger partial charge in [-0.05, 0) is 35.4 Å². The number of thioether (sulfide) groups is 1. The molecule has 132 valence electrons. The number of benzene rings is 2. The minimum Gasteiger partial charge on any atom is -0.322 e.